The Morgan fingerprint density at radius 2 is 2.22 bits per heavy atom. The summed E-state index contributed by atoms with van der Waals surface area (Å²) in [6.07, 6.45) is 1.93. The van der Waals surface area contributed by atoms with Crippen LogP contribution in [0.15, 0.2) is 11.4 Å². The van der Waals surface area contributed by atoms with Crippen molar-refractivity contribution in [3.05, 3.63) is 21.1 Å². The van der Waals surface area contributed by atoms with E-state index in [9.17, 15) is 9.18 Å². The SMILES string of the molecule is CC(C)(C)C(=O)Nc1ncc(F)c(C=NO)c1I. The maximum absolute atomic E-state index is 13.4. The summed E-state index contributed by atoms with van der Waals surface area (Å²) in [5, 5.41) is 13.9. The normalized spacial score (nSPS) is 11.8. The number of carbonyl (C=O) groups excluding carboxylic acids is 1. The van der Waals surface area contributed by atoms with Gasteiger partial charge in [0.25, 0.3) is 0 Å². The lowest BCUT2D eigenvalue weighted by Gasteiger charge is -2.18. The Bertz CT molecular complexity index is 498. The maximum Gasteiger partial charge on any atom is 0.230 e. The first kappa shape index (κ1) is 14.8. The molecule has 0 aliphatic heterocycles. The summed E-state index contributed by atoms with van der Waals surface area (Å²) < 4.78 is 13.8. The molecule has 0 saturated heterocycles. The van der Waals surface area contributed by atoms with Crippen LogP contribution in [0.3, 0.4) is 0 Å². The van der Waals surface area contributed by atoms with E-state index in [1.165, 1.54) is 0 Å². The van der Waals surface area contributed by atoms with Crippen LogP contribution in [0.4, 0.5) is 10.2 Å². The molecule has 1 aromatic heterocycles. The molecule has 5 nitrogen and oxygen atoms in total. The third-order valence-corrected chi connectivity index (χ3v) is 3.20. The minimum absolute atomic E-state index is 0.0808. The van der Waals surface area contributed by atoms with Crippen LogP contribution in [0.1, 0.15) is 26.3 Å². The van der Waals surface area contributed by atoms with Crippen LogP contribution in [0, 0.1) is 14.8 Å². The first-order chi connectivity index (χ1) is 8.27. The van der Waals surface area contributed by atoms with Gasteiger partial charge in [0.15, 0.2) is 5.82 Å². The van der Waals surface area contributed by atoms with Gasteiger partial charge in [0.1, 0.15) is 5.82 Å². The summed E-state index contributed by atoms with van der Waals surface area (Å²) in [6, 6.07) is 0. The number of oxime groups is 1. The number of nitrogens with zero attached hydrogens (tertiary/aromatic N) is 2. The predicted molar refractivity (Wildman–Crippen MR) is 74.4 cm³/mol. The molecular formula is C11H13FIN3O2. The van der Waals surface area contributed by atoms with E-state index in [-0.39, 0.29) is 17.3 Å². The van der Waals surface area contributed by atoms with Crippen LogP contribution in [0.2, 0.25) is 0 Å². The fourth-order valence-corrected chi connectivity index (χ4v) is 1.71. The first-order valence-electron chi connectivity index (χ1n) is 5.10. The van der Waals surface area contributed by atoms with Gasteiger partial charge >= 0.3 is 0 Å². The van der Waals surface area contributed by atoms with Crippen molar-refractivity contribution in [3.63, 3.8) is 0 Å². The Balaban J connectivity index is 3.13. The average Bonchev–Trinajstić information content (AvgIpc) is 2.26. The van der Waals surface area contributed by atoms with Crippen molar-refractivity contribution < 1.29 is 14.4 Å². The third kappa shape index (κ3) is 3.37. The summed E-state index contributed by atoms with van der Waals surface area (Å²) >= 11 is 1.83. The Morgan fingerprint density at radius 1 is 1.61 bits per heavy atom. The molecule has 98 valence electrons. The van der Waals surface area contributed by atoms with Crippen LogP contribution in [0.25, 0.3) is 0 Å². The zero-order chi connectivity index (χ0) is 13.9. The van der Waals surface area contributed by atoms with Gasteiger partial charge in [-0.15, -0.1) is 0 Å². The highest BCUT2D eigenvalue weighted by Gasteiger charge is 2.23. The minimum Gasteiger partial charge on any atom is -0.411 e. The van der Waals surface area contributed by atoms with Crippen molar-refractivity contribution in [2.45, 2.75) is 20.8 Å². The molecule has 18 heavy (non-hydrogen) atoms. The topological polar surface area (TPSA) is 74.6 Å². The van der Waals surface area contributed by atoms with E-state index in [4.69, 9.17) is 5.21 Å². The number of amides is 1. The second kappa shape index (κ2) is 5.59. The van der Waals surface area contributed by atoms with Crippen LogP contribution < -0.4 is 5.32 Å². The Kier molecular flexibility index (Phi) is 4.60. The standard InChI is InChI=1S/C11H13FIN3O2/c1-11(2,3)10(17)16-9-8(13)6(4-15-18)7(12)5-14-9/h4-5,18H,1-3H3,(H,14,16,17). The summed E-state index contributed by atoms with van der Waals surface area (Å²) in [7, 11) is 0. The average molecular weight is 365 g/mol. The Hall–Kier alpha value is -1.25. The fraction of sp³-hybridized carbons (Fsp3) is 0.364. The zero-order valence-electron chi connectivity index (χ0n) is 10.2. The molecule has 1 amide bonds. The van der Waals surface area contributed by atoms with Gasteiger partial charge in [0.05, 0.1) is 21.5 Å². The highest BCUT2D eigenvalue weighted by Crippen LogP contribution is 2.23. The van der Waals surface area contributed by atoms with Gasteiger partial charge in [-0.05, 0) is 22.6 Å². The molecule has 0 saturated carbocycles. The number of hydrogen-bond donors (Lipinski definition) is 2. The van der Waals surface area contributed by atoms with Crippen molar-refractivity contribution in [1.82, 2.24) is 4.98 Å². The van der Waals surface area contributed by atoms with Gasteiger partial charge in [0.2, 0.25) is 5.91 Å². The number of carbonyl (C=O) groups is 1. The maximum atomic E-state index is 13.4. The van der Waals surface area contributed by atoms with Gasteiger partial charge in [-0.2, -0.15) is 0 Å². The molecule has 0 bridgehead atoms. The molecule has 0 radical (unpaired) electrons. The summed E-state index contributed by atoms with van der Waals surface area (Å²) in [5.74, 6) is -0.607. The molecule has 0 atom stereocenters. The van der Waals surface area contributed by atoms with Crippen molar-refractivity contribution >= 4 is 40.5 Å². The lowest BCUT2D eigenvalue weighted by atomic mass is 9.96. The molecule has 0 spiro atoms. The van der Waals surface area contributed by atoms with Crippen LogP contribution in [-0.2, 0) is 4.79 Å². The molecule has 0 aliphatic carbocycles. The van der Waals surface area contributed by atoms with E-state index in [0.717, 1.165) is 12.4 Å². The number of aromatic nitrogens is 1. The molecule has 1 rings (SSSR count). The molecule has 0 unspecified atom stereocenters. The Morgan fingerprint density at radius 3 is 2.72 bits per heavy atom. The molecule has 0 fully saturated rings. The van der Waals surface area contributed by atoms with E-state index < -0.39 is 11.2 Å². The lowest BCUT2D eigenvalue weighted by molar-refractivity contribution is -0.123. The molecular weight excluding hydrogens is 352 g/mol. The number of nitrogens with one attached hydrogen (secondary N) is 1. The van der Waals surface area contributed by atoms with Crippen molar-refractivity contribution in [2.75, 3.05) is 5.32 Å². The molecule has 0 aromatic carbocycles. The number of hydrogen-bond acceptors (Lipinski definition) is 4. The number of rotatable bonds is 2. The second-order valence-electron chi connectivity index (χ2n) is 4.63. The van der Waals surface area contributed by atoms with Crippen LogP contribution >= 0.6 is 22.6 Å². The fourth-order valence-electron chi connectivity index (χ4n) is 1.04. The van der Waals surface area contributed by atoms with Gasteiger partial charge in [-0.25, -0.2) is 9.37 Å². The van der Waals surface area contributed by atoms with Gasteiger partial charge in [0, 0.05) is 5.41 Å². The highest BCUT2D eigenvalue weighted by molar-refractivity contribution is 14.1. The van der Waals surface area contributed by atoms with Crippen molar-refractivity contribution in [2.24, 2.45) is 10.6 Å². The Labute approximate surface area is 118 Å². The summed E-state index contributed by atoms with van der Waals surface area (Å²) in [4.78, 5) is 15.6. The van der Waals surface area contributed by atoms with Gasteiger partial charge < -0.3 is 10.5 Å². The number of halogens is 2. The second-order valence-corrected chi connectivity index (χ2v) is 5.71. The van der Waals surface area contributed by atoms with Gasteiger partial charge in [-0.1, -0.05) is 25.9 Å². The quantitative estimate of drug-likeness (QED) is 0.366. The monoisotopic (exact) mass is 365 g/mol. The summed E-state index contributed by atoms with van der Waals surface area (Å²) in [6.45, 7) is 5.28. The molecule has 1 aromatic rings. The van der Waals surface area contributed by atoms with Crippen molar-refractivity contribution in [1.29, 1.82) is 0 Å². The minimum atomic E-state index is -0.619. The smallest absolute Gasteiger partial charge is 0.230 e. The zero-order valence-corrected chi connectivity index (χ0v) is 12.3. The third-order valence-electron chi connectivity index (χ3n) is 2.11. The summed E-state index contributed by atoms with van der Waals surface area (Å²) in [5.41, 5.74) is -0.498. The van der Waals surface area contributed by atoms with E-state index in [2.05, 4.69) is 15.5 Å². The number of pyridine rings is 1. The van der Waals surface area contributed by atoms with Crippen molar-refractivity contribution in [3.8, 4) is 0 Å². The molecule has 1 heterocycles. The van der Waals surface area contributed by atoms with E-state index >= 15 is 0 Å². The largest absolute Gasteiger partial charge is 0.411 e. The van der Waals surface area contributed by atoms with E-state index in [1.807, 2.05) is 22.6 Å². The molecule has 0 aliphatic rings. The molecule has 7 heteroatoms. The van der Waals surface area contributed by atoms with Crippen LogP contribution in [0.5, 0.6) is 0 Å². The predicted octanol–water partition coefficient (Wildman–Crippen LogP) is 2.62. The lowest BCUT2D eigenvalue weighted by Crippen LogP contribution is -2.28. The molecule has 2 N–H and O–H groups in total. The van der Waals surface area contributed by atoms with Crippen LogP contribution in [-0.4, -0.2) is 22.3 Å². The van der Waals surface area contributed by atoms with Gasteiger partial charge in [-0.3, -0.25) is 4.79 Å². The first-order valence-corrected chi connectivity index (χ1v) is 6.18. The van der Waals surface area contributed by atoms with E-state index in [1.54, 1.807) is 20.8 Å². The number of anilines is 1. The van der Waals surface area contributed by atoms with E-state index in [0.29, 0.717) is 3.57 Å². The highest BCUT2D eigenvalue weighted by atomic mass is 127.